The number of nitrogens with zero attached hydrogens (tertiary/aromatic N) is 1. The van der Waals surface area contributed by atoms with Crippen LogP contribution in [0.15, 0.2) is 30.3 Å². The largest absolute Gasteiger partial charge is 0.459 e. The number of nitrogens with one attached hydrogen (secondary N) is 1. The van der Waals surface area contributed by atoms with Gasteiger partial charge in [0.2, 0.25) is 0 Å². The smallest absolute Gasteiger partial charge is 0.325 e. The second-order valence-electron chi connectivity index (χ2n) is 7.42. The van der Waals surface area contributed by atoms with Gasteiger partial charge in [-0.1, -0.05) is 30.3 Å². The van der Waals surface area contributed by atoms with Crippen molar-refractivity contribution in [3.8, 4) is 0 Å². The second-order valence-corrected chi connectivity index (χ2v) is 7.42. The van der Waals surface area contributed by atoms with Gasteiger partial charge in [0.25, 0.3) is 0 Å². The van der Waals surface area contributed by atoms with Gasteiger partial charge in [0.15, 0.2) is 0 Å². The van der Waals surface area contributed by atoms with E-state index in [1.54, 1.807) is 0 Å². The number of esters is 1. The van der Waals surface area contributed by atoms with Crippen molar-refractivity contribution < 1.29 is 9.53 Å². The van der Waals surface area contributed by atoms with Gasteiger partial charge in [-0.25, -0.2) is 0 Å². The lowest BCUT2D eigenvalue weighted by molar-refractivity contribution is -0.163. The Bertz CT molecular complexity index is 510. The summed E-state index contributed by atoms with van der Waals surface area (Å²) in [5, 5.41) is 3.39. The van der Waals surface area contributed by atoms with Crippen LogP contribution in [-0.2, 0) is 9.53 Å². The van der Waals surface area contributed by atoms with Crippen molar-refractivity contribution in [1.82, 2.24) is 10.2 Å². The molecule has 1 fully saturated rings. The molecule has 1 aliphatic rings. The first kappa shape index (κ1) is 18.0. The van der Waals surface area contributed by atoms with Gasteiger partial charge in [0.05, 0.1) is 0 Å². The number of ether oxygens (including phenoxy) is 1. The molecule has 0 aliphatic carbocycles. The fraction of sp³-hybridized carbons (Fsp3) is 0.632. The van der Waals surface area contributed by atoms with Crippen molar-refractivity contribution in [2.24, 2.45) is 0 Å². The summed E-state index contributed by atoms with van der Waals surface area (Å²) < 4.78 is 5.68. The average Bonchev–Trinajstić information content (AvgIpc) is 2.67. The average molecular weight is 318 g/mol. The van der Waals surface area contributed by atoms with Gasteiger partial charge in [-0.2, -0.15) is 0 Å². The molecule has 1 aromatic carbocycles. The predicted octanol–water partition coefficient (Wildman–Crippen LogP) is 3.14. The zero-order chi connectivity index (χ0) is 17.0. The first-order chi connectivity index (χ1) is 10.8. The van der Waals surface area contributed by atoms with E-state index in [0.29, 0.717) is 12.6 Å². The van der Waals surface area contributed by atoms with E-state index in [9.17, 15) is 4.79 Å². The van der Waals surface area contributed by atoms with Crippen molar-refractivity contribution in [3.63, 3.8) is 0 Å². The van der Waals surface area contributed by atoms with Crippen LogP contribution < -0.4 is 5.32 Å². The lowest BCUT2D eigenvalue weighted by Crippen LogP contribution is -2.51. The lowest BCUT2D eigenvalue weighted by Gasteiger charge is -2.39. The SMILES string of the molecule is CC1CCNCC(C(=O)OC(C)(C)C)N1[C@H](C)c1ccccc1. The molecule has 0 radical (unpaired) electrons. The van der Waals surface area contributed by atoms with E-state index in [-0.39, 0.29) is 18.1 Å². The highest BCUT2D eigenvalue weighted by Gasteiger charge is 2.37. The third-order valence-corrected chi connectivity index (χ3v) is 4.35. The molecule has 0 bridgehead atoms. The summed E-state index contributed by atoms with van der Waals surface area (Å²) in [6.45, 7) is 11.7. The molecule has 23 heavy (non-hydrogen) atoms. The Morgan fingerprint density at radius 3 is 2.57 bits per heavy atom. The number of hydrogen-bond donors (Lipinski definition) is 1. The van der Waals surface area contributed by atoms with Gasteiger partial charge in [-0.3, -0.25) is 9.69 Å². The van der Waals surface area contributed by atoms with Crippen LogP contribution in [-0.4, -0.2) is 41.6 Å². The molecule has 0 amide bonds. The molecule has 128 valence electrons. The lowest BCUT2D eigenvalue weighted by atomic mass is 10.0. The van der Waals surface area contributed by atoms with Crippen LogP contribution in [0.25, 0.3) is 0 Å². The van der Waals surface area contributed by atoms with Crippen LogP contribution >= 0.6 is 0 Å². The Kier molecular flexibility index (Phi) is 5.82. The molecule has 2 unspecified atom stereocenters. The summed E-state index contributed by atoms with van der Waals surface area (Å²) in [6, 6.07) is 10.6. The molecule has 0 saturated carbocycles. The van der Waals surface area contributed by atoms with Gasteiger partial charge in [-0.05, 0) is 53.1 Å². The monoisotopic (exact) mass is 318 g/mol. The van der Waals surface area contributed by atoms with Crippen LogP contribution in [0.5, 0.6) is 0 Å². The molecule has 4 heteroatoms. The van der Waals surface area contributed by atoms with E-state index in [1.165, 1.54) is 5.56 Å². The standard InChI is InChI=1S/C19H30N2O2/c1-14-11-12-20-13-17(18(22)23-19(3,4)5)21(14)15(2)16-9-7-6-8-10-16/h6-10,14-15,17,20H,11-13H2,1-5H3/t14?,15-,17?/m1/s1. The van der Waals surface area contributed by atoms with Crippen molar-refractivity contribution in [2.45, 2.75) is 64.8 Å². The van der Waals surface area contributed by atoms with Crippen LogP contribution in [0.3, 0.4) is 0 Å². The Balaban J connectivity index is 2.27. The maximum atomic E-state index is 12.8. The normalized spacial score (nSPS) is 24.7. The minimum absolute atomic E-state index is 0.137. The molecule has 1 aliphatic heterocycles. The quantitative estimate of drug-likeness (QED) is 0.869. The molecule has 4 nitrogen and oxygen atoms in total. The Labute approximate surface area is 140 Å². The maximum Gasteiger partial charge on any atom is 0.325 e. The minimum atomic E-state index is -0.464. The molecular formula is C19H30N2O2. The van der Waals surface area contributed by atoms with Crippen LogP contribution in [0.2, 0.25) is 0 Å². The molecule has 1 heterocycles. The highest BCUT2D eigenvalue weighted by molar-refractivity contribution is 5.76. The summed E-state index contributed by atoms with van der Waals surface area (Å²) in [7, 11) is 0. The zero-order valence-corrected chi connectivity index (χ0v) is 15.0. The zero-order valence-electron chi connectivity index (χ0n) is 15.0. The fourth-order valence-corrected chi connectivity index (χ4v) is 3.24. The number of carbonyl (C=O) groups is 1. The third-order valence-electron chi connectivity index (χ3n) is 4.35. The van der Waals surface area contributed by atoms with Crippen molar-refractivity contribution >= 4 is 5.97 Å². The Morgan fingerprint density at radius 1 is 1.30 bits per heavy atom. The van der Waals surface area contributed by atoms with Crippen molar-refractivity contribution in [3.05, 3.63) is 35.9 Å². The van der Waals surface area contributed by atoms with Crippen LogP contribution in [0, 0.1) is 0 Å². The minimum Gasteiger partial charge on any atom is -0.459 e. The summed E-state index contributed by atoms with van der Waals surface area (Å²) in [5.74, 6) is -0.137. The van der Waals surface area contributed by atoms with Crippen LogP contribution in [0.4, 0.5) is 0 Å². The highest BCUT2D eigenvalue weighted by Crippen LogP contribution is 2.28. The van der Waals surface area contributed by atoms with E-state index < -0.39 is 5.60 Å². The van der Waals surface area contributed by atoms with Gasteiger partial charge in [-0.15, -0.1) is 0 Å². The van der Waals surface area contributed by atoms with Crippen LogP contribution in [0.1, 0.15) is 52.6 Å². The number of hydrogen-bond acceptors (Lipinski definition) is 4. The third kappa shape index (κ3) is 4.79. The molecule has 3 atom stereocenters. The topological polar surface area (TPSA) is 41.6 Å². The maximum absolute atomic E-state index is 12.8. The summed E-state index contributed by atoms with van der Waals surface area (Å²) in [6.07, 6.45) is 1.02. The van der Waals surface area contributed by atoms with E-state index in [4.69, 9.17) is 4.74 Å². The van der Waals surface area contributed by atoms with E-state index in [1.807, 2.05) is 26.8 Å². The first-order valence-electron chi connectivity index (χ1n) is 8.55. The van der Waals surface area contributed by atoms with Gasteiger partial charge >= 0.3 is 5.97 Å². The van der Waals surface area contributed by atoms with E-state index >= 15 is 0 Å². The number of benzene rings is 1. The Morgan fingerprint density at radius 2 is 1.96 bits per heavy atom. The molecule has 1 saturated heterocycles. The van der Waals surface area contributed by atoms with Crippen molar-refractivity contribution in [1.29, 1.82) is 0 Å². The molecule has 0 spiro atoms. The summed E-state index contributed by atoms with van der Waals surface area (Å²) >= 11 is 0. The summed E-state index contributed by atoms with van der Waals surface area (Å²) in [5.41, 5.74) is 0.767. The number of carbonyl (C=O) groups excluding carboxylic acids is 1. The highest BCUT2D eigenvalue weighted by atomic mass is 16.6. The molecular weight excluding hydrogens is 288 g/mol. The molecule has 2 rings (SSSR count). The first-order valence-corrected chi connectivity index (χ1v) is 8.55. The van der Waals surface area contributed by atoms with Crippen molar-refractivity contribution in [2.75, 3.05) is 13.1 Å². The molecule has 1 aromatic rings. The van der Waals surface area contributed by atoms with Gasteiger partial charge in [0.1, 0.15) is 11.6 Å². The second kappa shape index (κ2) is 7.45. The van der Waals surface area contributed by atoms with Gasteiger partial charge < -0.3 is 10.1 Å². The van der Waals surface area contributed by atoms with E-state index in [0.717, 1.165) is 13.0 Å². The fourth-order valence-electron chi connectivity index (χ4n) is 3.24. The van der Waals surface area contributed by atoms with E-state index in [2.05, 4.69) is 48.3 Å². The molecule has 1 N–H and O–H groups in total. The molecule has 0 aromatic heterocycles. The predicted molar refractivity (Wildman–Crippen MR) is 93.3 cm³/mol. The summed E-state index contributed by atoms with van der Waals surface area (Å²) in [4.78, 5) is 15.1. The van der Waals surface area contributed by atoms with Gasteiger partial charge in [0, 0.05) is 18.6 Å². The Hall–Kier alpha value is -1.39. The number of rotatable bonds is 3.